The standard InChI is InChI=1S/C19H30N6O5/c1-11(26)15(25-16(27)13(20)10-12-6-3-2-4-7-12)17(28)24-14(18(29)30)8-5-9-23-19(21)22/h2-4,6-7,11,13-15,26H,5,8-10,20H2,1H3,(H,24,28)(H,25,27)(H,29,30)(H4,21,22,23)/t11-,13+,14+,15+/m1/s1. The number of hydrogen-bond acceptors (Lipinski definition) is 6. The summed E-state index contributed by atoms with van der Waals surface area (Å²) >= 11 is 0. The molecule has 11 nitrogen and oxygen atoms in total. The number of carbonyl (C=O) groups excluding carboxylic acids is 2. The highest BCUT2D eigenvalue weighted by Crippen LogP contribution is 2.04. The Kier molecular flexibility index (Phi) is 10.3. The lowest BCUT2D eigenvalue weighted by molar-refractivity contribution is -0.143. The normalized spacial score (nSPS) is 14.6. The number of carboxylic acid groups (broad SMARTS) is 1. The van der Waals surface area contributed by atoms with E-state index in [2.05, 4.69) is 15.6 Å². The highest BCUT2D eigenvalue weighted by molar-refractivity contribution is 5.92. The molecule has 0 aliphatic carbocycles. The van der Waals surface area contributed by atoms with E-state index in [-0.39, 0.29) is 25.3 Å². The molecule has 166 valence electrons. The molecule has 1 rings (SSSR count). The third-order valence-electron chi connectivity index (χ3n) is 4.26. The third-order valence-corrected chi connectivity index (χ3v) is 4.26. The van der Waals surface area contributed by atoms with Gasteiger partial charge in [0, 0.05) is 6.54 Å². The van der Waals surface area contributed by atoms with Gasteiger partial charge in [-0.05, 0) is 31.7 Å². The van der Waals surface area contributed by atoms with Gasteiger partial charge in [0.2, 0.25) is 11.8 Å². The molecule has 11 heteroatoms. The summed E-state index contributed by atoms with van der Waals surface area (Å²) in [5.74, 6) is -2.85. The van der Waals surface area contributed by atoms with Crippen molar-refractivity contribution >= 4 is 23.7 Å². The van der Waals surface area contributed by atoms with E-state index in [1.54, 1.807) is 0 Å². The van der Waals surface area contributed by atoms with Crippen LogP contribution in [0.4, 0.5) is 0 Å². The number of guanidine groups is 1. The first-order valence-electron chi connectivity index (χ1n) is 9.48. The SMILES string of the molecule is C[C@@H](O)[C@H](NC(=O)[C@@H](N)Cc1ccccc1)C(=O)N[C@@H](CCCN=C(N)N)C(=O)O. The minimum absolute atomic E-state index is 0.0614. The van der Waals surface area contributed by atoms with E-state index in [1.165, 1.54) is 6.92 Å². The monoisotopic (exact) mass is 422 g/mol. The molecule has 0 bridgehead atoms. The van der Waals surface area contributed by atoms with Crippen LogP contribution in [0, 0.1) is 0 Å². The molecule has 1 aromatic rings. The second-order valence-electron chi connectivity index (χ2n) is 6.87. The molecule has 0 saturated heterocycles. The molecule has 2 amide bonds. The molecule has 0 radical (unpaired) electrons. The summed E-state index contributed by atoms with van der Waals surface area (Å²) < 4.78 is 0. The lowest BCUT2D eigenvalue weighted by atomic mass is 10.0. The topological polar surface area (TPSA) is 206 Å². The number of carbonyl (C=O) groups is 3. The summed E-state index contributed by atoms with van der Waals surface area (Å²) in [7, 11) is 0. The molecule has 30 heavy (non-hydrogen) atoms. The van der Waals surface area contributed by atoms with Crippen LogP contribution in [-0.2, 0) is 20.8 Å². The van der Waals surface area contributed by atoms with Crippen molar-refractivity contribution in [2.24, 2.45) is 22.2 Å². The first-order valence-corrected chi connectivity index (χ1v) is 9.48. The molecule has 0 aromatic heterocycles. The molecule has 0 aliphatic rings. The van der Waals surface area contributed by atoms with Crippen molar-refractivity contribution in [3.63, 3.8) is 0 Å². The smallest absolute Gasteiger partial charge is 0.326 e. The van der Waals surface area contributed by atoms with Gasteiger partial charge in [-0.15, -0.1) is 0 Å². The molecular weight excluding hydrogens is 392 g/mol. The van der Waals surface area contributed by atoms with Crippen LogP contribution in [0.1, 0.15) is 25.3 Å². The number of aliphatic imine (C=N–C) groups is 1. The zero-order valence-electron chi connectivity index (χ0n) is 16.8. The highest BCUT2D eigenvalue weighted by atomic mass is 16.4. The summed E-state index contributed by atoms with van der Waals surface area (Å²) in [4.78, 5) is 40.0. The fraction of sp³-hybridized carbons (Fsp3) is 0.474. The first-order chi connectivity index (χ1) is 14.1. The zero-order valence-corrected chi connectivity index (χ0v) is 16.8. The van der Waals surface area contributed by atoms with Gasteiger partial charge < -0.3 is 38.0 Å². The first kappa shape index (κ1) is 24.9. The van der Waals surface area contributed by atoms with Crippen LogP contribution in [-0.4, -0.2) is 64.7 Å². The molecule has 0 heterocycles. The van der Waals surface area contributed by atoms with Gasteiger partial charge in [-0.2, -0.15) is 0 Å². The fourth-order valence-corrected chi connectivity index (χ4v) is 2.65. The molecule has 1 aromatic carbocycles. The summed E-state index contributed by atoms with van der Waals surface area (Å²) in [6, 6.07) is 5.53. The highest BCUT2D eigenvalue weighted by Gasteiger charge is 2.30. The van der Waals surface area contributed by atoms with E-state index in [0.717, 1.165) is 5.56 Å². The molecule has 4 atom stereocenters. The number of amides is 2. The van der Waals surface area contributed by atoms with E-state index >= 15 is 0 Å². The van der Waals surface area contributed by atoms with Gasteiger partial charge in [0.1, 0.15) is 12.1 Å². The maximum Gasteiger partial charge on any atom is 0.326 e. The van der Waals surface area contributed by atoms with Gasteiger partial charge in [-0.25, -0.2) is 4.79 Å². The zero-order chi connectivity index (χ0) is 22.7. The predicted molar refractivity (Wildman–Crippen MR) is 111 cm³/mol. The second-order valence-corrected chi connectivity index (χ2v) is 6.87. The summed E-state index contributed by atoms with van der Waals surface area (Å²) in [5.41, 5.74) is 17.1. The Balaban J connectivity index is 2.70. The van der Waals surface area contributed by atoms with E-state index in [1.807, 2.05) is 30.3 Å². The van der Waals surface area contributed by atoms with Crippen LogP contribution in [0.5, 0.6) is 0 Å². The average molecular weight is 422 g/mol. The minimum atomic E-state index is -1.36. The molecule has 0 fully saturated rings. The lowest BCUT2D eigenvalue weighted by Crippen LogP contribution is -2.58. The van der Waals surface area contributed by atoms with Gasteiger partial charge in [0.25, 0.3) is 0 Å². The summed E-state index contributed by atoms with van der Waals surface area (Å²) in [6.45, 7) is 1.51. The molecular formula is C19H30N6O5. The lowest BCUT2D eigenvalue weighted by Gasteiger charge is -2.24. The van der Waals surface area contributed by atoms with Crippen LogP contribution in [0.25, 0.3) is 0 Å². The van der Waals surface area contributed by atoms with Gasteiger partial charge in [0.15, 0.2) is 5.96 Å². The third kappa shape index (κ3) is 8.88. The number of aliphatic hydroxyl groups is 1. The van der Waals surface area contributed by atoms with Gasteiger partial charge in [0.05, 0.1) is 12.1 Å². The van der Waals surface area contributed by atoms with Crippen molar-refractivity contribution in [3.8, 4) is 0 Å². The van der Waals surface area contributed by atoms with Crippen LogP contribution in [0.15, 0.2) is 35.3 Å². The van der Waals surface area contributed by atoms with Gasteiger partial charge in [-0.1, -0.05) is 30.3 Å². The van der Waals surface area contributed by atoms with Crippen molar-refractivity contribution in [2.75, 3.05) is 6.54 Å². The number of benzene rings is 1. The molecule has 10 N–H and O–H groups in total. The Bertz CT molecular complexity index is 736. The Morgan fingerprint density at radius 3 is 2.27 bits per heavy atom. The molecule has 0 saturated carbocycles. The minimum Gasteiger partial charge on any atom is -0.480 e. The quantitative estimate of drug-likeness (QED) is 0.114. The van der Waals surface area contributed by atoms with Gasteiger partial charge >= 0.3 is 5.97 Å². The largest absolute Gasteiger partial charge is 0.480 e. The number of rotatable bonds is 12. The number of aliphatic hydroxyl groups excluding tert-OH is 1. The van der Waals surface area contributed by atoms with E-state index in [0.29, 0.717) is 6.42 Å². The predicted octanol–water partition coefficient (Wildman–Crippen LogP) is -1.95. The maximum absolute atomic E-state index is 12.5. The fourth-order valence-electron chi connectivity index (χ4n) is 2.65. The van der Waals surface area contributed by atoms with Crippen molar-refractivity contribution in [2.45, 2.75) is 50.4 Å². The van der Waals surface area contributed by atoms with Crippen LogP contribution in [0.3, 0.4) is 0 Å². The Labute approximate surface area is 174 Å². The second kappa shape index (κ2) is 12.4. The van der Waals surface area contributed by atoms with Crippen LogP contribution >= 0.6 is 0 Å². The van der Waals surface area contributed by atoms with Crippen molar-refractivity contribution in [1.82, 2.24) is 10.6 Å². The van der Waals surface area contributed by atoms with Crippen molar-refractivity contribution in [3.05, 3.63) is 35.9 Å². The summed E-state index contributed by atoms with van der Waals surface area (Å²) in [5, 5.41) is 23.9. The van der Waals surface area contributed by atoms with Crippen molar-refractivity contribution in [1.29, 1.82) is 0 Å². The Morgan fingerprint density at radius 1 is 1.10 bits per heavy atom. The number of carboxylic acids is 1. The number of hydrogen-bond donors (Lipinski definition) is 7. The van der Waals surface area contributed by atoms with Gasteiger partial charge in [-0.3, -0.25) is 14.6 Å². The number of nitrogens with zero attached hydrogens (tertiary/aromatic N) is 1. The number of nitrogens with one attached hydrogen (secondary N) is 2. The number of aliphatic carboxylic acids is 1. The van der Waals surface area contributed by atoms with Crippen LogP contribution < -0.4 is 27.8 Å². The molecule has 0 spiro atoms. The van der Waals surface area contributed by atoms with E-state index < -0.39 is 42.0 Å². The maximum atomic E-state index is 12.5. The van der Waals surface area contributed by atoms with E-state index in [4.69, 9.17) is 17.2 Å². The van der Waals surface area contributed by atoms with Crippen molar-refractivity contribution < 1.29 is 24.6 Å². The molecule has 0 aliphatic heterocycles. The van der Waals surface area contributed by atoms with E-state index in [9.17, 15) is 24.6 Å². The molecule has 0 unspecified atom stereocenters. The average Bonchev–Trinajstić information content (AvgIpc) is 2.68. The summed E-state index contributed by atoms with van der Waals surface area (Å²) in [6.07, 6.45) is -0.660. The van der Waals surface area contributed by atoms with Crippen LogP contribution in [0.2, 0.25) is 0 Å². The Hall–Kier alpha value is -3.18. The number of nitrogens with two attached hydrogens (primary N) is 3. The Morgan fingerprint density at radius 2 is 1.73 bits per heavy atom.